The topological polar surface area (TPSA) is 12.0 Å². The Balaban J connectivity index is 2.15. The van der Waals surface area contributed by atoms with Crippen molar-refractivity contribution in [3.63, 3.8) is 0 Å². The first-order chi connectivity index (χ1) is 9.67. The summed E-state index contributed by atoms with van der Waals surface area (Å²) in [5.74, 6) is 2.20. The molecule has 5 heteroatoms. The second-order valence-corrected chi connectivity index (χ2v) is 7.99. The van der Waals surface area contributed by atoms with Crippen LogP contribution in [0.2, 0.25) is 5.02 Å². The van der Waals surface area contributed by atoms with Crippen LogP contribution in [0.25, 0.3) is 0 Å². The zero-order chi connectivity index (χ0) is 14.5. The van der Waals surface area contributed by atoms with E-state index in [2.05, 4.69) is 12.2 Å². The minimum absolute atomic E-state index is 0.195. The molecular formula is C15H21ClFNS2. The van der Waals surface area contributed by atoms with Gasteiger partial charge in [-0.05, 0) is 32.0 Å². The Bertz CT molecular complexity index is 424. The van der Waals surface area contributed by atoms with Crippen LogP contribution in [0.15, 0.2) is 18.2 Å². The second-order valence-electron chi connectivity index (χ2n) is 4.95. The van der Waals surface area contributed by atoms with Gasteiger partial charge in [0.2, 0.25) is 0 Å². The lowest BCUT2D eigenvalue weighted by Crippen LogP contribution is -2.45. The number of benzene rings is 1. The van der Waals surface area contributed by atoms with Crippen molar-refractivity contribution in [2.45, 2.75) is 36.3 Å². The molecule has 0 spiro atoms. The van der Waals surface area contributed by atoms with E-state index in [-0.39, 0.29) is 11.9 Å². The van der Waals surface area contributed by atoms with Gasteiger partial charge in [0.05, 0.1) is 0 Å². The van der Waals surface area contributed by atoms with Crippen LogP contribution in [0.5, 0.6) is 0 Å². The predicted molar refractivity (Wildman–Crippen MR) is 90.7 cm³/mol. The molecule has 0 aromatic heterocycles. The van der Waals surface area contributed by atoms with Crippen LogP contribution in [0.3, 0.4) is 0 Å². The molecule has 0 bridgehead atoms. The Morgan fingerprint density at radius 2 is 2.15 bits per heavy atom. The van der Waals surface area contributed by atoms with E-state index in [4.69, 9.17) is 11.6 Å². The highest BCUT2D eigenvalue weighted by Crippen LogP contribution is 2.36. The van der Waals surface area contributed by atoms with Gasteiger partial charge in [-0.3, -0.25) is 0 Å². The number of thioether (sulfide) groups is 2. The van der Waals surface area contributed by atoms with Crippen molar-refractivity contribution in [3.05, 3.63) is 34.6 Å². The summed E-state index contributed by atoms with van der Waals surface area (Å²) in [7, 11) is 1.96. The molecule has 1 fully saturated rings. The fourth-order valence-electron chi connectivity index (χ4n) is 2.64. The first-order valence-electron chi connectivity index (χ1n) is 7.00. The molecule has 1 nitrogen and oxygen atoms in total. The number of hydrogen-bond acceptors (Lipinski definition) is 3. The first kappa shape index (κ1) is 16.5. The maximum Gasteiger partial charge on any atom is 0.127 e. The molecule has 0 amide bonds. The van der Waals surface area contributed by atoms with E-state index in [0.717, 1.165) is 6.42 Å². The largest absolute Gasteiger partial charge is 0.316 e. The van der Waals surface area contributed by atoms with Gasteiger partial charge in [-0.1, -0.05) is 24.6 Å². The molecule has 1 heterocycles. The Labute approximate surface area is 134 Å². The summed E-state index contributed by atoms with van der Waals surface area (Å²) in [4.78, 5) is 0. The summed E-state index contributed by atoms with van der Waals surface area (Å²) in [6, 6.07) is 5.18. The van der Waals surface area contributed by atoms with E-state index in [1.807, 2.05) is 30.6 Å². The minimum Gasteiger partial charge on any atom is -0.316 e. The van der Waals surface area contributed by atoms with Crippen LogP contribution in [-0.2, 0) is 6.42 Å². The highest BCUT2D eigenvalue weighted by atomic mass is 35.5. The first-order valence-corrected chi connectivity index (χ1v) is 9.48. The van der Waals surface area contributed by atoms with Gasteiger partial charge >= 0.3 is 0 Å². The minimum atomic E-state index is -0.195. The molecule has 1 aromatic rings. The number of rotatable bonds is 5. The fraction of sp³-hybridized carbons (Fsp3) is 0.600. The van der Waals surface area contributed by atoms with E-state index in [0.29, 0.717) is 27.5 Å². The molecule has 1 saturated heterocycles. The molecule has 3 unspecified atom stereocenters. The van der Waals surface area contributed by atoms with Crippen LogP contribution < -0.4 is 5.32 Å². The summed E-state index contributed by atoms with van der Waals surface area (Å²) in [5, 5.41) is 5.06. The fourth-order valence-corrected chi connectivity index (χ4v) is 6.18. The van der Waals surface area contributed by atoms with E-state index >= 15 is 0 Å². The monoisotopic (exact) mass is 333 g/mol. The van der Waals surface area contributed by atoms with Crippen LogP contribution >= 0.6 is 35.1 Å². The average molecular weight is 334 g/mol. The lowest BCUT2D eigenvalue weighted by molar-refractivity contribution is 0.503. The van der Waals surface area contributed by atoms with Gasteiger partial charge in [-0.25, -0.2) is 4.39 Å². The van der Waals surface area contributed by atoms with Crippen LogP contribution in [0.1, 0.15) is 18.9 Å². The molecule has 1 aliphatic heterocycles. The van der Waals surface area contributed by atoms with Gasteiger partial charge in [0.25, 0.3) is 0 Å². The standard InChI is InChI=1S/C15H21ClFNS2/c1-3-14-15(20-8-7-19-14)13(18-2)9-10-11(16)5-4-6-12(10)17/h4-6,13-15,18H,3,7-9H2,1-2H3. The maximum absolute atomic E-state index is 14.0. The molecule has 0 aliphatic carbocycles. The smallest absolute Gasteiger partial charge is 0.127 e. The van der Waals surface area contributed by atoms with Crippen molar-refractivity contribution in [3.8, 4) is 0 Å². The van der Waals surface area contributed by atoms with Gasteiger partial charge in [0, 0.05) is 38.6 Å². The van der Waals surface area contributed by atoms with Gasteiger partial charge < -0.3 is 5.32 Å². The number of hydrogen-bond donors (Lipinski definition) is 1. The number of halogens is 2. The normalized spacial score (nSPS) is 24.6. The van der Waals surface area contributed by atoms with Gasteiger partial charge in [0.15, 0.2) is 0 Å². The molecule has 112 valence electrons. The molecule has 20 heavy (non-hydrogen) atoms. The Hall–Kier alpha value is 0.1000. The average Bonchev–Trinajstić information content (AvgIpc) is 2.47. The lowest BCUT2D eigenvalue weighted by Gasteiger charge is -2.36. The van der Waals surface area contributed by atoms with E-state index in [1.54, 1.807) is 12.1 Å². The van der Waals surface area contributed by atoms with Crippen molar-refractivity contribution >= 4 is 35.1 Å². The van der Waals surface area contributed by atoms with Crippen LogP contribution in [0.4, 0.5) is 4.39 Å². The Kier molecular flexibility index (Phi) is 6.53. The summed E-state index contributed by atoms with van der Waals surface area (Å²) >= 11 is 10.2. The highest BCUT2D eigenvalue weighted by molar-refractivity contribution is 8.07. The molecule has 1 aliphatic rings. The van der Waals surface area contributed by atoms with Crippen molar-refractivity contribution in [1.29, 1.82) is 0 Å². The van der Waals surface area contributed by atoms with Gasteiger partial charge in [-0.2, -0.15) is 23.5 Å². The summed E-state index contributed by atoms with van der Waals surface area (Å²) in [6.07, 6.45) is 1.81. The SMILES string of the molecule is CCC1SCCSC1C(Cc1c(F)cccc1Cl)NC. The zero-order valence-electron chi connectivity index (χ0n) is 11.9. The molecule has 0 saturated carbocycles. The molecular weight excluding hydrogens is 313 g/mol. The van der Waals surface area contributed by atoms with Crippen molar-refractivity contribution in [1.82, 2.24) is 5.32 Å². The number of likely N-dealkylation sites (N-methyl/N-ethyl adjacent to an activating group) is 1. The maximum atomic E-state index is 14.0. The molecule has 3 atom stereocenters. The van der Waals surface area contributed by atoms with E-state index in [9.17, 15) is 4.39 Å². The zero-order valence-corrected chi connectivity index (χ0v) is 14.3. The van der Waals surface area contributed by atoms with Crippen molar-refractivity contribution in [2.75, 3.05) is 18.6 Å². The van der Waals surface area contributed by atoms with Crippen LogP contribution in [-0.4, -0.2) is 35.1 Å². The third kappa shape index (κ3) is 3.85. The third-order valence-electron chi connectivity index (χ3n) is 3.75. The second kappa shape index (κ2) is 7.92. The Morgan fingerprint density at radius 1 is 1.40 bits per heavy atom. The van der Waals surface area contributed by atoms with E-state index in [1.165, 1.54) is 17.6 Å². The third-order valence-corrected chi connectivity index (χ3v) is 7.51. The van der Waals surface area contributed by atoms with Gasteiger partial charge in [-0.15, -0.1) is 0 Å². The summed E-state index contributed by atoms with van der Waals surface area (Å²) < 4.78 is 14.0. The van der Waals surface area contributed by atoms with Crippen molar-refractivity contribution in [2.24, 2.45) is 0 Å². The highest BCUT2D eigenvalue weighted by Gasteiger charge is 2.32. The number of nitrogens with one attached hydrogen (secondary N) is 1. The van der Waals surface area contributed by atoms with Gasteiger partial charge in [0.1, 0.15) is 5.82 Å². The molecule has 2 rings (SSSR count). The summed E-state index contributed by atoms with van der Waals surface area (Å²) in [5.41, 5.74) is 0.638. The summed E-state index contributed by atoms with van der Waals surface area (Å²) in [6.45, 7) is 2.24. The molecule has 1 N–H and O–H groups in total. The van der Waals surface area contributed by atoms with Crippen LogP contribution in [0, 0.1) is 5.82 Å². The van der Waals surface area contributed by atoms with Crippen molar-refractivity contribution < 1.29 is 4.39 Å². The van der Waals surface area contributed by atoms with E-state index < -0.39 is 0 Å². The quantitative estimate of drug-likeness (QED) is 0.865. The Morgan fingerprint density at radius 3 is 2.80 bits per heavy atom. The molecule has 0 radical (unpaired) electrons. The predicted octanol–water partition coefficient (Wildman–Crippen LogP) is 4.24. The molecule has 1 aromatic carbocycles. The lowest BCUT2D eigenvalue weighted by atomic mass is 10.00.